The average molecular weight is 365 g/mol. The zero-order chi connectivity index (χ0) is 18.9. The van der Waals surface area contributed by atoms with E-state index in [9.17, 15) is 33.4 Å². The number of nitrogens with zero attached hydrogens (tertiary/aromatic N) is 3. The fourth-order valence-corrected chi connectivity index (χ4v) is 2.62. The summed E-state index contributed by atoms with van der Waals surface area (Å²) in [5.74, 6) is 0. The first-order valence-electron chi connectivity index (χ1n) is 7.13. The van der Waals surface area contributed by atoms with Crippen LogP contribution in [0.5, 0.6) is 0 Å². The molecule has 25 heavy (non-hydrogen) atoms. The highest BCUT2D eigenvalue weighted by Gasteiger charge is 2.43. The van der Waals surface area contributed by atoms with Crippen LogP contribution in [0.2, 0.25) is 0 Å². The molecule has 1 aliphatic rings. The molecule has 1 saturated heterocycles. The molecule has 0 saturated carbocycles. The number of ether oxygens (including phenoxy) is 2. The quantitative estimate of drug-likeness (QED) is 0.583. The number of nitro benzene ring substituents is 2. The maximum absolute atomic E-state index is 13.1. The number of halogens is 3. The van der Waals surface area contributed by atoms with Crippen molar-refractivity contribution in [3.8, 4) is 0 Å². The van der Waals surface area contributed by atoms with Gasteiger partial charge in [0.15, 0.2) is 5.69 Å². The highest BCUT2D eigenvalue weighted by molar-refractivity contribution is 5.79. The van der Waals surface area contributed by atoms with Gasteiger partial charge in [0.25, 0.3) is 5.69 Å². The van der Waals surface area contributed by atoms with Gasteiger partial charge in [0.2, 0.25) is 6.41 Å². The van der Waals surface area contributed by atoms with Crippen LogP contribution in [0.1, 0.15) is 18.1 Å². The Labute approximate surface area is 139 Å². The Bertz CT molecular complexity index is 703. The maximum Gasteiger partial charge on any atom is 0.417 e. The lowest BCUT2D eigenvalue weighted by atomic mass is 10.0. The first-order valence-corrected chi connectivity index (χ1v) is 7.13. The highest BCUT2D eigenvalue weighted by atomic mass is 19.4. The second-order valence-corrected chi connectivity index (χ2v) is 5.11. The van der Waals surface area contributed by atoms with Crippen LogP contribution < -0.4 is 4.90 Å². The van der Waals surface area contributed by atoms with Gasteiger partial charge in [-0.1, -0.05) is 0 Å². The van der Waals surface area contributed by atoms with Crippen molar-refractivity contribution in [2.24, 2.45) is 0 Å². The highest BCUT2D eigenvalue weighted by Crippen LogP contribution is 2.47. The maximum atomic E-state index is 13.1. The normalized spacial score (nSPS) is 15.4. The third kappa shape index (κ3) is 3.49. The Hall–Kier alpha value is -2.47. The SMILES string of the molecule is CCN(c1c([N+](=O)[O-])cc(C(F)(F)F)c(C)c1[N+](=O)[O-])C1OCCO1. The molecular weight excluding hydrogens is 351 g/mol. The molecule has 0 atom stereocenters. The lowest BCUT2D eigenvalue weighted by molar-refractivity contribution is -0.393. The molecule has 0 bridgehead atoms. The summed E-state index contributed by atoms with van der Waals surface area (Å²) in [6.45, 7) is 2.71. The Morgan fingerprint density at radius 2 is 1.80 bits per heavy atom. The monoisotopic (exact) mass is 365 g/mol. The first kappa shape index (κ1) is 18.9. The van der Waals surface area contributed by atoms with Gasteiger partial charge in [0, 0.05) is 18.2 Å². The van der Waals surface area contributed by atoms with Crippen LogP contribution in [0.25, 0.3) is 0 Å². The van der Waals surface area contributed by atoms with Crippen LogP contribution in [0.4, 0.5) is 30.2 Å². The van der Waals surface area contributed by atoms with Crippen molar-refractivity contribution in [2.75, 3.05) is 24.7 Å². The summed E-state index contributed by atoms with van der Waals surface area (Å²) in [7, 11) is 0. The fraction of sp³-hybridized carbons (Fsp3) is 0.538. The topological polar surface area (TPSA) is 108 Å². The van der Waals surface area contributed by atoms with E-state index in [1.807, 2.05) is 0 Å². The lowest BCUT2D eigenvalue weighted by Gasteiger charge is -2.28. The van der Waals surface area contributed by atoms with E-state index in [0.717, 1.165) is 11.8 Å². The van der Waals surface area contributed by atoms with Crippen LogP contribution >= 0.6 is 0 Å². The molecule has 1 aromatic rings. The average Bonchev–Trinajstić information content (AvgIpc) is 3.00. The molecule has 12 heteroatoms. The van der Waals surface area contributed by atoms with Crippen LogP contribution in [-0.4, -0.2) is 36.0 Å². The van der Waals surface area contributed by atoms with E-state index in [0.29, 0.717) is 6.07 Å². The molecule has 0 aliphatic carbocycles. The van der Waals surface area contributed by atoms with Gasteiger partial charge in [0.05, 0.1) is 28.6 Å². The molecule has 138 valence electrons. The van der Waals surface area contributed by atoms with Crippen LogP contribution in [-0.2, 0) is 15.7 Å². The van der Waals surface area contributed by atoms with E-state index in [1.54, 1.807) is 0 Å². The summed E-state index contributed by atoms with van der Waals surface area (Å²) < 4.78 is 49.8. The van der Waals surface area contributed by atoms with Gasteiger partial charge in [-0.05, 0) is 13.8 Å². The Balaban J connectivity index is 2.82. The largest absolute Gasteiger partial charge is 0.417 e. The van der Waals surface area contributed by atoms with Crippen LogP contribution in [0.3, 0.4) is 0 Å². The van der Waals surface area contributed by atoms with Crippen molar-refractivity contribution in [2.45, 2.75) is 26.4 Å². The molecule has 1 aliphatic heterocycles. The summed E-state index contributed by atoms with van der Waals surface area (Å²) >= 11 is 0. The number of benzene rings is 1. The number of rotatable bonds is 5. The second-order valence-electron chi connectivity index (χ2n) is 5.11. The minimum absolute atomic E-state index is 0.0167. The van der Waals surface area contributed by atoms with Gasteiger partial charge in [-0.3, -0.25) is 20.2 Å². The van der Waals surface area contributed by atoms with Gasteiger partial charge in [-0.2, -0.15) is 13.2 Å². The molecule has 2 rings (SSSR count). The molecule has 9 nitrogen and oxygen atoms in total. The summed E-state index contributed by atoms with van der Waals surface area (Å²) in [6.07, 6.45) is -6.13. The zero-order valence-electron chi connectivity index (χ0n) is 13.2. The number of hydrogen-bond acceptors (Lipinski definition) is 7. The number of hydrogen-bond donors (Lipinski definition) is 0. The molecule has 0 amide bonds. The summed E-state index contributed by atoms with van der Waals surface area (Å²) in [6, 6.07) is 0.301. The molecule has 0 unspecified atom stereocenters. The summed E-state index contributed by atoms with van der Waals surface area (Å²) in [5.41, 5.74) is -4.75. The molecule has 0 N–H and O–H groups in total. The Morgan fingerprint density at radius 1 is 1.24 bits per heavy atom. The molecule has 1 heterocycles. The first-order chi connectivity index (χ1) is 11.6. The van der Waals surface area contributed by atoms with Gasteiger partial charge >= 0.3 is 11.9 Å². The number of alkyl halides is 3. The van der Waals surface area contributed by atoms with Crippen LogP contribution in [0.15, 0.2) is 6.07 Å². The van der Waals surface area contributed by atoms with Crippen LogP contribution in [0, 0.1) is 27.2 Å². The van der Waals surface area contributed by atoms with Crippen molar-refractivity contribution in [3.05, 3.63) is 37.4 Å². The van der Waals surface area contributed by atoms with Crippen molar-refractivity contribution in [1.29, 1.82) is 0 Å². The van der Waals surface area contributed by atoms with Gasteiger partial charge in [-0.25, -0.2) is 0 Å². The lowest BCUT2D eigenvalue weighted by Crippen LogP contribution is -2.37. The van der Waals surface area contributed by atoms with Gasteiger partial charge in [-0.15, -0.1) is 0 Å². The molecule has 1 fully saturated rings. The molecule has 0 spiro atoms. The molecule has 1 aromatic carbocycles. The minimum Gasteiger partial charge on any atom is -0.333 e. The number of anilines is 1. The fourth-order valence-electron chi connectivity index (χ4n) is 2.62. The smallest absolute Gasteiger partial charge is 0.333 e. The van der Waals surface area contributed by atoms with E-state index in [-0.39, 0.29) is 19.8 Å². The predicted molar refractivity (Wildman–Crippen MR) is 78.2 cm³/mol. The molecular formula is C13H14F3N3O6. The van der Waals surface area contributed by atoms with Crippen molar-refractivity contribution >= 4 is 17.1 Å². The third-order valence-electron chi connectivity index (χ3n) is 3.68. The third-order valence-corrected chi connectivity index (χ3v) is 3.68. The van der Waals surface area contributed by atoms with E-state index in [4.69, 9.17) is 9.47 Å². The van der Waals surface area contributed by atoms with Gasteiger partial charge in [0.1, 0.15) is 0 Å². The Morgan fingerprint density at radius 3 is 2.20 bits per heavy atom. The summed E-state index contributed by atoms with van der Waals surface area (Å²) in [5, 5.41) is 22.8. The van der Waals surface area contributed by atoms with E-state index < -0.39 is 50.6 Å². The van der Waals surface area contributed by atoms with Crippen molar-refractivity contribution in [3.63, 3.8) is 0 Å². The molecule has 0 aromatic heterocycles. The van der Waals surface area contributed by atoms with E-state index in [1.165, 1.54) is 6.92 Å². The van der Waals surface area contributed by atoms with E-state index in [2.05, 4.69) is 0 Å². The zero-order valence-corrected chi connectivity index (χ0v) is 13.2. The van der Waals surface area contributed by atoms with Gasteiger partial charge < -0.3 is 14.4 Å². The minimum atomic E-state index is -4.98. The summed E-state index contributed by atoms with van der Waals surface area (Å²) in [4.78, 5) is 21.7. The van der Waals surface area contributed by atoms with Crippen molar-refractivity contribution in [1.82, 2.24) is 0 Å². The van der Waals surface area contributed by atoms with Crippen molar-refractivity contribution < 1.29 is 32.5 Å². The Kier molecular flexibility index (Phi) is 5.13. The van der Waals surface area contributed by atoms with E-state index >= 15 is 0 Å². The number of nitro groups is 2. The second kappa shape index (κ2) is 6.80. The molecule has 0 radical (unpaired) electrons. The standard InChI is InChI=1S/C13H14F3N3O6/c1-3-17(12-24-4-5-25-12)11-9(18(20)21)6-8(13(14,15)16)7(2)10(11)19(22)23/h6,12H,3-5H2,1-2H3. The predicted octanol–water partition coefficient (Wildman–Crippen LogP) is 2.99.